The molecule has 74 valence electrons. The van der Waals surface area contributed by atoms with Gasteiger partial charge in [0.25, 0.3) is 0 Å². The van der Waals surface area contributed by atoms with E-state index >= 15 is 0 Å². The zero-order valence-electron chi connectivity index (χ0n) is 7.81. The Morgan fingerprint density at radius 1 is 1.27 bits per heavy atom. The zero-order valence-corrected chi connectivity index (χ0v) is 7.81. The Kier molecular flexibility index (Phi) is 2.41. The highest BCUT2D eigenvalue weighted by molar-refractivity contribution is 5.86. The molecule has 0 aliphatic heterocycles. The summed E-state index contributed by atoms with van der Waals surface area (Å²) in [5.41, 5.74) is 1.65. The van der Waals surface area contributed by atoms with Crippen LogP contribution in [0.15, 0.2) is 41.5 Å². The van der Waals surface area contributed by atoms with Gasteiger partial charge in [0.05, 0.1) is 0 Å². The van der Waals surface area contributed by atoms with Gasteiger partial charge in [0, 0.05) is 23.5 Å². The first-order valence-corrected chi connectivity index (χ1v) is 4.40. The zero-order chi connectivity index (χ0) is 10.7. The predicted octanol–water partition coefficient (Wildman–Crippen LogP) is 1.25. The van der Waals surface area contributed by atoms with Gasteiger partial charge in [-0.05, 0) is 5.56 Å². The summed E-state index contributed by atoms with van der Waals surface area (Å²) in [7, 11) is 0. The molecule has 0 bridgehead atoms. The first-order chi connectivity index (χ1) is 7.31. The SMILES string of the molecule is O=Cc1ccccc1-c1cnc(=O)[nH]c1. The molecular weight excluding hydrogens is 192 g/mol. The molecule has 1 aromatic carbocycles. The van der Waals surface area contributed by atoms with Crippen LogP contribution in [0.4, 0.5) is 0 Å². The third-order valence-corrected chi connectivity index (χ3v) is 2.07. The van der Waals surface area contributed by atoms with Gasteiger partial charge in [-0.2, -0.15) is 0 Å². The Labute approximate surface area is 85.6 Å². The highest BCUT2D eigenvalue weighted by Crippen LogP contribution is 2.19. The molecule has 1 N–H and O–H groups in total. The second kappa shape index (κ2) is 3.88. The Morgan fingerprint density at radius 3 is 2.73 bits per heavy atom. The number of hydrogen-bond acceptors (Lipinski definition) is 3. The van der Waals surface area contributed by atoms with Crippen molar-refractivity contribution >= 4 is 6.29 Å². The second-order valence-corrected chi connectivity index (χ2v) is 3.01. The maximum absolute atomic E-state index is 10.8. The highest BCUT2D eigenvalue weighted by atomic mass is 16.1. The third kappa shape index (κ3) is 1.83. The van der Waals surface area contributed by atoms with Crippen LogP contribution in [0.2, 0.25) is 0 Å². The molecular formula is C11H8N2O2. The van der Waals surface area contributed by atoms with Crippen LogP contribution >= 0.6 is 0 Å². The van der Waals surface area contributed by atoms with E-state index in [1.165, 1.54) is 12.4 Å². The molecule has 0 radical (unpaired) electrons. The Hall–Kier alpha value is -2.23. The fourth-order valence-corrected chi connectivity index (χ4v) is 1.35. The van der Waals surface area contributed by atoms with Gasteiger partial charge < -0.3 is 4.98 Å². The number of rotatable bonds is 2. The van der Waals surface area contributed by atoms with Crippen LogP contribution in [0.1, 0.15) is 10.4 Å². The van der Waals surface area contributed by atoms with Crippen LogP contribution in [0.25, 0.3) is 11.1 Å². The molecule has 0 amide bonds. The fourth-order valence-electron chi connectivity index (χ4n) is 1.35. The van der Waals surface area contributed by atoms with Crippen molar-refractivity contribution in [3.05, 3.63) is 52.7 Å². The lowest BCUT2D eigenvalue weighted by Gasteiger charge is -2.02. The second-order valence-electron chi connectivity index (χ2n) is 3.01. The average molecular weight is 200 g/mol. The summed E-state index contributed by atoms with van der Waals surface area (Å²) < 4.78 is 0. The number of carbonyl (C=O) groups excluding carboxylic acids is 1. The molecule has 4 nitrogen and oxygen atoms in total. The van der Waals surface area contributed by atoms with Crippen molar-refractivity contribution < 1.29 is 4.79 Å². The van der Waals surface area contributed by atoms with Crippen molar-refractivity contribution in [3.8, 4) is 11.1 Å². The van der Waals surface area contributed by atoms with E-state index in [1.54, 1.807) is 18.2 Å². The van der Waals surface area contributed by atoms with E-state index in [9.17, 15) is 9.59 Å². The van der Waals surface area contributed by atoms with E-state index in [0.29, 0.717) is 5.56 Å². The van der Waals surface area contributed by atoms with Gasteiger partial charge in [-0.25, -0.2) is 9.78 Å². The molecule has 0 spiro atoms. The number of carbonyl (C=O) groups is 1. The average Bonchev–Trinajstić information content (AvgIpc) is 2.30. The summed E-state index contributed by atoms with van der Waals surface area (Å²) in [6.07, 6.45) is 3.76. The van der Waals surface area contributed by atoms with Gasteiger partial charge in [-0.15, -0.1) is 0 Å². The van der Waals surface area contributed by atoms with E-state index < -0.39 is 5.69 Å². The van der Waals surface area contributed by atoms with Crippen LogP contribution in [-0.2, 0) is 0 Å². The van der Waals surface area contributed by atoms with Crippen molar-refractivity contribution in [2.24, 2.45) is 0 Å². The van der Waals surface area contributed by atoms with Gasteiger partial charge in [0.15, 0.2) is 6.29 Å². The van der Waals surface area contributed by atoms with E-state index in [1.807, 2.05) is 6.07 Å². The lowest BCUT2D eigenvalue weighted by atomic mass is 10.0. The molecule has 2 rings (SSSR count). The summed E-state index contributed by atoms with van der Waals surface area (Å²) in [6.45, 7) is 0. The summed E-state index contributed by atoms with van der Waals surface area (Å²) in [5, 5.41) is 0. The number of nitrogens with one attached hydrogen (secondary N) is 1. The van der Waals surface area contributed by atoms with Gasteiger partial charge in [0.2, 0.25) is 0 Å². The lowest BCUT2D eigenvalue weighted by molar-refractivity contribution is 0.112. The molecule has 1 aromatic heterocycles. The van der Waals surface area contributed by atoms with E-state index in [4.69, 9.17) is 0 Å². The lowest BCUT2D eigenvalue weighted by Crippen LogP contribution is -2.08. The summed E-state index contributed by atoms with van der Waals surface area (Å²) >= 11 is 0. The summed E-state index contributed by atoms with van der Waals surface area (Å²) in [5.74, 6) is 0. The van der Waals surface area contributed by atoms with E-state index in [0.717, 1.165) is 17.4 Å². The Balaban J connectivity index is 2.58. The topological polar surface area (TPSA) is 62.8 Å². The number of aromatic nitrogens is 2. The summed E-state index contributed by atoms with van der Waals surface area (Å²) in [4.78, 5) is 27.6. The number of aldehydes is 1. The van der Waals surface area contributed by atoms with Crippen molar-refractivity contribution in [1.82, 2.24) is 9.97 Å². The summed E-state index contributed by atoms with van der Waals surface area (Å²) in [6, 6.07) is 7.13. The van der Waals surface area contributed by atoms with Crippen molar-refractivity contribution in [3.63, 3.8) is 0 Å². The van der Waals surface area contributed by atoms with Crippen LogP contribution in [0, 0.1) is 0 Å². The van der Waals surface area contributed by atoms with Crippen LogP contribution in [-0.4, -0.2) is 16.3 Å². The smallest absolute Gasteiger partial charge is 0.312 e. The molecule has 0 fully saturated rings. The molecule has 0 saturated heterocycles. The molecule has 1 heterocycles. The van der Waals surface area contributed by atoms with Gasteiger partial charge >= 0.3 is 5.69 Å². The van der Waals surface area contributed by atoms with Gasteiger partial charge in [-0.1, -0.05) is 24.3 Å². The first-order valence-electron chi connectivity index (χ1n) is 4.40. The normalized spacial score (nSPS) is 9.87. The molecule has 0 atom stereocenters. The highest BCUT2D eigenvalue weighted by Gasteiger charge is 2.03. The number of benzene rings is 1. The fraction of sp³-hybridized carbons (Fsp3) is 0. The standard InChI is InChI=1S/C11H8N2O2/c14-7-8-3-1-2-4-10(8)9-5-12-11(15)13-6-9/h1-7H,(H,12,13,15). The maximum atomic E-state index is 10.8. The monoisotopic (exact) mass is 200 g/mol. The molecule has 0 saturated carbocycles. The molecule has 15 heavy (non-hydrogen) atoms. The van der Waals surface area contributed by atoms with Gasteiger partial charge in [0.1, 0.15) is 0 Å². The van der Waals surface area contributed by atoms with Crippen LogP contribution in [0.3, 0.4) is 0 Å². The minimum Gasteiger partial charge on any atom is -0.312 e. The van der Waals surface area contributed by atoms with Gasteiger partial charge in [-0.3, -0.25) is 4.79 Å². The quantitative estimate of drug-likeness (QED) is 0.742. The first kappa shape index (κ1) is 9.33. The Morgan fingerprint density at radius 2 is 2.07 bits per heavy atom. The number of aromatic amines is 1. The van der Waals surface area contributed by atoms with E-state index in [2.05, 4.69) is 9.97 Å². The minimum atomic E-state index is -0.401. The Bertz CT molecular complexity index is 526. The van der Waals surface area contributed by atoms with Crippen molar-refractivity contribution in [1.29, 1.82) is 0 Å². The predicted molar refractivity (Wildman–Crippen MR) is 55.7 cm³/mol. The molecule has 0 unspecified atom stereocenters. The largest absolute Gasteiger partial charge is 0.344 e. The molecule has 4 heteroatoms. The minimum absolute atomic E-state index is 0.401. The van der Waals surface area contributed by atoms with Crippen molar-refractivity contribution in [2.75, 3.05) is 0 Å². The molecule has 0 aliphatic rings. The number of nitrogens with zero attached hydrogens (tertiary/aromatic N) is 1. The van der Waals surface area contributed by atoms with Crippen molar-refractivity contribution in [2.45, 2.75) is 0 Å². The van der Waals surface area contributed by atoms with Crippen LogP contribution < -0.4 is 5.69 Å². The van der Waals surface area contributed by atoms with Crippen LogP contribution in [0.5, 0.6) is 0 Å². The number of hydrogen-bond donors (Lipinski definition) is 1. The maximum Gasteiger partial charge on any atom is 0.344 e. The molecule has 0 aliphatic carbocycles. The number of H-pyrrole nitrogens is 1. The third-order valence-electron chi connectivity index (χ3n) is 2.07. The van der Waals surface area contributed by atoms with E-state index in [-0.39, 0.29) is 0 Å². The molecule has 2 aromatic rings.